The molecule has 0 radical (unpaired) electrons. The second kappa shape index (κ2) is 10.6. The maximum absolute atomic E-state index is 13.0. The largest absolute Gasteiger partial charge is 0.457 e. The smallest absolute Gasteiger partial charge is 0.363 e. The highest BCUT2D eigenvalue weighted by Gasteiger charge is 2.21. The molecule has 35 heavy (non-hydrogen) atoms. The summed E-state index contributed by atoms with van der Waals surface area (Å²) in [5, 5.41) is 22.9. The highest BCUT2D eigenvalue weighted by molar-refractivity contribution is 5.95. The standard InChI is InChI=1S/C25H23N5O5/c26-14-16-1-7-20(8-2-16)34-22-11-17(25(31)29-19-5-3-18(27)4-6-19)12-23(13-22)35-21-9-10-24(28-15-21)30(32)33/h1-2,7-13,15,18-19H,3-6,27H2,(H,29,31). The molecule has 10 heteroatoms. The van der Waals surface area contributed by atoms with Crippen LogP contribution in [0.25, 0.3) is 0 Å². The molecule has 10 nitrogen and oxygen atoms in total. The highest BCUT2D eigenvalue weighted by atomic mass is 16.6. The van der Waals surface area contributed by atoms with E-state index < -0.39 is 4.92 Å². The van der Waals surface area contributed by atoms with Gasteiger partial charge in [-0.15, -0.1) is 0 Å². The quantitative estimate of drug-likeness (QED) is 0.377. The molecule has 1 saturated carbocycles. The van der Waals surface area contributed by atoms with Gasteiger partial charge in [0.25, 0.3) is 5.91 Å². The van der Waals surface area contributed by atoms with Gasteiger partial charge in [-0.3, -0.25) is 4.79 Å². The number of ether oxygens (including phenoxy) is 2. The number of aromatic nitrogens is 1. The van der Waals surface area contributed by atoms with E-state index in [2.05, 4.69) is 10.3 Å². The lowest BCUT2D eigenvalue weighted by Gasteiger charge is -2.26. The fraction of sp³-hybridized carbons (Fsp3) is 0.240. The molecule has 3 aromatic rings. The van der Waals surface area contributed by atoms with E-state index in [0.717, 1.165) is 25.7 Å². The molecule has 1 fully saturated rings. The third-order valence-electron chi connectivity index (χ3n) is 5.61. The lowest BCUT2D eigenvalue weighted by Crippen LogP contribution is -2.40. The van der Waals surface area contributed by atoms with Crippen LogP contribution in [-0.4, -0.2) is 27.9 Å². The van der Waals surface area contributed by atoms with Gasteiger partial charge in [0.05, 0.1) is 11.6 Å². The fourth-order valence-corrected chi connectivity index (χ4v) is 3.76. The summed E-state index contributed by atoms with van der Waals surface area (Å²) in [5.41, 5.74) is 6.79. The molecule has 1 aliphatic carbocycles. The van der Waals surface area contributed by atoms with Crippen LogP contribution in [0, 0.1) is 21.4 Å². The number of amides is 1. The number of carbonyl (C=O) groups excluding carboxylic acids is 1. The minimum Gasteiger partial charge on any atom is -0.457 e. The third-order valence-corrected chi connectivity index (χ3v) is 5.61. The molecule has 1 heterocycles. The first-order chi connectivity index (χ1) is 16.9. The van der Waals surface area contributed by atoms with Crippen molar-refractivity contribution in [2.45, 2.75) is 37.8 Å². The average Bonchev–Trinajstić information content (AvgIpc) is 2.86. The average molecular weight is 473 g/mol. The molecule has 2 aromatic carbocycles. The predicted molar refractivity (Wildman–Crippen MR) is 126 cm³/mol. The number of nitrogens with two attached hydrogens (primary N) is 1. The summed E-state index contributed by atoms with van der Waals surface area (Å²) >= 11 is 0. The zero-order valence-corrected chi connectivity index (χ0v) is 18.7. The van der Waals surface area contributed by atoms with Crippen LogP contribution in [0.5, 0.6) is 23.0 Å². The number of pyridine rings is 1. The second-order valence-corrected chi connectivity index (χ2v) is 8.23. The molecule has 0 spiro atoms. The Morgan fingerprint density at radius 3 is 2.20 bits per heavy atom. The Hall–Kier alpha value is -4.49. The molecular formula is C25H23N5O5. The van der Waals surface area contributed by atoms with E-state index in [1.54, 1.807) is 42.5 Å². The second-order valence-electron chi connectivity index (χ2n) is 8.23. The van der Waals surface area contributed by atoms with Gasteiger partial charge >= 0.3 is 5.82 Å². The molecule has 1 aromatic heterocycles. The Bertz CT molecular complexity index is 1250. The van der Waals surface area contributed by atoms with Gasteiger partial charge in [-0.25, -0.2) is 0 Å². The first-order valence-electron chi connectivity index (χ1n) is 11.1. The lowest BCUT2D eigenvalue weighted by molar-refractivity contribution is -0.389. The Balaban J connectivity index is 1.58. The number of nitrogens with zero attached hydrogens (tertiary/aromatic N) is 3. The SMILES string of the molecule is N#Cc1ccc(Oc2cc(Oc3ccc([N+](=O)[O-])nc3)cc(C(=O)NC3CCC(N)CC3)c2)cc1. The van der Waals surface area contributed by atoms with Crippen LogP contribution in [0.1, 0.15) is 41.6 Å². The number of nitrogens with one attached hydrogen (secondary N) is 1. The van der Waals surface area contributed by atoms with E-state index in [-0.39, 0.29) is 29.6 Å². The minimum atomic E-state index is -0.601. The van der Waals surface area contributed by atoms with Crippen LogP contribution in [0.15, 0.2) is 60.8 Å². The van der Waals surface area contributed by atoms with Gasteiger partial charge in [-0.05, 0) is 78.1 Å². The van der Waals surface area contributed by atoms with Crippen LogP contribution in [0.2, 0.25) is 0 Å². The van der Waals surface area contributed by atoms with Gasteiger partial charge in [0.15, 0.2) is 11.9 Å². The molecule has 0 bridgehead atoms. The molecule has 0 unspecified atom stereocenters. The molecule has 1 aliphatic rings. The van der Waals surface area contributed by atoms with Crippen molar-refractivity contribution >= 4 is 11.7 Å². The van der Waals surface area contributed by atoms with Crippen molar-refractivity contribution in [3.63, 3.8) is 0 Å². The van der Waals surface area contributed by atoms with Crippen molar-refractivity contribution in [2.24, 2.45) is 5.73 Å². The van der Waals surface area contributed by atoms with Crippen molar-refractivity contribution in [3.8, 4) is 29.1 Å². The molecule has 0 aliphatic heterocycles. The van der Waals surface area contributed by atoms with Crippen LogP contribution >= 0.6 is 0 Å². The maximum Gasteiger partial charge on any atom is 0.363 e. The number of rotatable bonds is 7. The van der Waals surface area contributed by atoms with E-state index in [0.29, 0.717) is 28.4 Å². The van der Waals surface area contributed by atoms with Crippen LogP contribution < -0.4 is 20.5 Å². The monoisotopic (exact) mass is 473 g/mol. The Morgan fingerprint density at radius 2 is 1.63 bits per heavy atom. The van der Waals surface area contributed by atoms with Gasteiger partial charge in [-0.2, -0.15) is 5.26 Å². The maximum atomic E-state index is 13.0. The van der Waals surface area contributed by atoms with Crippen LogP contribution in [0.4, 0.5) is 5.82 Å². The van der Waals surface area contributed by atoms with Crippen molar-refractivity contribution < 1.29 is 19.2 Å². The normalized spacial score (nSPS) is 17.1. The Kier molecular flexibility index (Phi) is 7.18. The van der Waals surface area contributed by atoms with Crippen molar-refractivity contribution in [3.05, 3.63) is 82.0 Å². The van der Waals surface area contributed by atoms with Crippen molar-refractivity contribution in [1.29, 1.82) is 5.26 Å². The summed E-state index contributed by atoms with van der Waals surface area (Å²) < 4.78 is 11.7. The molecule has 3 N–H and O–H groups in total. The van der Waals surface area contributed by atoms with Crippen LogP contribution in [0.3, 0.4) is 0 Å². The van der Waals surface area contributed by atoms with E-state index >= 15 is 0 Å². The first kappa shape index (κ1) is 23.7. The van der Waals surface area contributed by atoms with E-state index in [4.69, 9.17) is 20.5 Å². The first-order valence-corrected chi connectivity index (χ1v) is 11.1. The zero-order valence-electron chi connectivity index (χ0n) is 18.7. The van der Waals surface area contributed by atoms with E-state index in [1.807, 2.05) is 6.07 Å². The van der Waals surface area contributed by atoms with Gasteiger partial charge < -0.3 is 30.6 Å². The number of hydrogen-bond acceptors (Lipinski definition) is 8. The van der Waals surface area contributed by atoms with Crippen molar-refractivity contribution in [1.82, 2.24) is 10.3 Å². The minimum absolute atomic E-state index is 0.0358. The molecule has 4 rings (SSSR count). The third kappa shape index (κ3) is 6.31. The molecular weight excluding hydrogens is 450 g/mol. The Morgan fingerprint density at radius 1 is 1.00 bits per heavy atom. The summed E-state index contributed by atoms with van der Waals surface area (Å²) in [4.78, 5) is 27.0. The number of carbonyl (C=O) groups is 1. The van der Waals surface area contributed by atoms with Crippen LogP contribution in [-0.2, 0) is 0 Å². The predicted octanol–water partition coefficient (Wildman–Crippen LogP) is 4.45. The fourth-order valence-electron chi connectivity index (χ4n) is 3.76. The van der Waals surface area contributed by atoms with Gasteiger partial charge in [0.2, 0.25) is 0 Å². The highest BCUT2D eigenvalue weighted by Crippen LogP contribution is 2.31. The molecule has 178 valence electrons. The van der Waals surface area contributed by atoms with Crippen molar-refractivity contribution in [2.75, 3.05) is 0 Å². The number of nitro groups is 1. The lowest BCUT2D eigenvalue weighted by atomic mass is 9.91. The summed E-state index contributed by atoms with van der Waals surface area (Å²) in [7, 11) is 0. The summed E-state index contributed by atoms with van der Waals surface area (Å²) in [6, 6.07) is 16.2. The summed E-state index contributed by atoms with van der Waals surface area (Å²) in [6.07, 6.45) is 4.57. The van der Waals surface area contributed by atoms with Gasteiger partial charge in [-0.1, -0.05) is 0 Å². The molecule has 1 amide bonds. The number of hydrogen-bond donors (Lipinski definition) is 2. The van der Waals surface area contributed by atoms with E-state index in [9.17, 15) is 14.9 Å². The topological polar surface area (TPSA) is 153 Å². The zero-order chi connectivity index (χ0) is 24.8. The Labute approximate surface area is 201 Å². The van der Waals surface area contributed by atoms with E-state index in [1.165, 1.54) is 18.3 Å². The summed E-state index contributed by atoms with van der Waals surface area (Å²) in [6.45, 7) is 0. The van der Waals surface area contributed by atoms with Gasteiger partial charge in [0.1, 0.15) is 17.2 Å². The van der Waals surface area contributed by atoms with Gasteiger partial charge in [0, 0.05) is 29.8 Å². The summed E-state index contributed by atoms with van der Waals surface area (Å²) in [5.74, 6) is 0.801. The number of nitriles is 1. The molecule has 0 atom stereocenters. The molecule has 0 saturated heterocycles. The number of benzene rings is 2.